The van der Waals surface area contributed by atoms with Gasteiger partial charge in [-0.15, -0.1) is 0 Å². The topological polar surface area (TPSA) is 47.0 Å². The Balaban J connectivity index is 1.43. The van der Waals surface area contributed by atoms with Gasteiger partial charge in [0, 0.05) is 30.5 Å². The molecule has 0 bridgehead atoms. The van der Waals surface area contributed by atoms with Gasteiger partial charge in [-0.2, -0.15) is 0 Å². The largest absolute Gasteiger partial charge is 0.494 e. The predicted molar refractivity (Wildman–Crippen MR) is 97.3 cm³/mol. The van der Waals surface area contributed by atoms with Gasteiger partial charge in [0.15, 0.2) is 0 Å². The van der Waals surface area contributed by atoms with Gasteiger partial charge in [0.05, 0.1) is 30.2 Å². The first-order chi connectivity index (χ1) is 12.3. The van der Waals surface area contributed by atoms with Crippen molar-refractivity contribution >= 4 is 17.2 Å². The highest BCUT2D eigenvalue weighted by atomic mass is 16.5. The molecule has 1 aromatic heterocycles. The van der Waals surface area contributed by atoms with Crippen molar-refractivity contribution in [1.29, 1.82) is 0 Å². The highest BCUT2D eigenvalue weighted by molar-refractivity contribution is 6.22. The zero-order chi connectivity index (χ0) is 16.8. The van der Waals surface area contributed by atoms with Crippen LogP contribution >= 0.6 is 0 Å². The molecule has 2 fully saturated rings. The van der Waals surface area contributed by atoms with E-state index >= 15 is 0 Å². The molecule has 2 atom stereocenters. The summed E-state index contributed by atoms with van der Waals surface area (Å²) in [6, 6.07) is 10.8. The van der Waals surface area contributed by atoms with Crippen molar-refractivity contribution in [2.45, 2.75) is 31.9 Å². The molecule has 5 heteroatoms. The summed E-state index contributed by atoms with van der Waals surface area (Å²) in [7, 11) is 0. The van der Waals surface area contributed by atoms with Gasteiger partial charge < -0.3 is 14.4 Å². The molecule has 25 heavy (non-hydrogen) atoms. The van der Waals surface area contributed by atoms with Gasteiger partial charge in [0.2, 0.25) is 0 Å². The summed E-state index contributed by atoms with van der Waals surface area (Å²) in [6.07, 6.45) is 4.46. The number of ether oxygens (including phenoxy) is 2. The fourth-order valence-corrected chi connectivity index (χ4v) is 4.12. The van der Waals surface area contributed by atoms with Gasteiger partial charge >= 0.3 is 0 Å². The Morgan fingerprint density at radius 1 is 1.24 bits per heavy atom. The predicted octanol–water partition coefficient (Wildman–Crippen LogP) is 3.33. The van der Waals surface area contributed by atoms with Crippen molar-refractivity contribution in [3.8, 4) is 5.75 Å². The highest BCUT2D eigenvalue weighted by Crippen LogP contribution is 2.37. The Labute approximate surface area is 147 Å². The first-order valence-electron chi connectivity index (χ1n) is 9.04. The molecule has 4 heterocycles. The van der Waals surface area contributed by atoms with Gasteiger partial charge in [0.1, 0.15) is 11.6 Å². The van der Waals surface area contributed by atoms with E-state index in [9.17, 15) is 0 Å². The second-order valence-corrected chi connectivity index (χ2v) is 6.72. The summed E-state index contributed by atoms with van der Waals surface area (Å²) in [4.78, 5) is 11.7. The van der Waals surface area contributed by atoms with E-state index in [1.807, 2.05) is 31.3 Å². The second-order valence-electron chi connectivity index (χ2n) is 6.72. The van der Waals surface area contributed by atoms with Crippen LogP contribution in [0.25, 0.3) is 0 Å². The molecule has 0 aliphatic carbocycles. The minimum Gasteiger partial charge on any atom is -0.494 e. The van der Waals surface area contributed by atoms with E-state index in [0.29, 0.717) is 18.8 Å². The van der Waals surface area contributed by atoms with Crippen molar-refractivity contribution in [1.82, 2.24) is 4.98 Å². The quantitative estimate of drug-likeness (QED) is 0.734. The monoisotopic (exact) mass is 335 g/mol. The van der Waals surface area contributed by atoms with Crippen LogP contribution in [-0.4, -0.2) is 42.6 Å². The molecule has 5 rings (SSSR count). The number of nitrogens with zero attached hydrogens (tertiary/aromatic N) is 3. The van der Waals surface area contributed by atoms with Crippen molar-refractivity contribution in [2.24, 2.45) is 4.99 Å². The summed E-state index contributed by atoms with van der Waals surface area (Å²) in [5.74, 6) is 1.93. The maximum atomic E-state index is 5.81. The molecule has 0 spiro atoms. The van der Waals surface area contributed by atoms with Gasteiger partial charge in [-0.05, 0) is 50.1 Å². The van der Waals surface area contributed by atoms with E-state index in [0.717, 1.165) is 60.1 Å². The molecule has 0 saturated carbocycles. The van der Waals surface area contributed by atoms with Crippen LogP contribution in [0.15, 0.2) is 41.5 Å². The lowest BCUT2D eigenvalue weighted by Gasteiger charge is -2.25. The lowest BCUT2D eigenvalue weighted by molar-refractivity contribution is 0.113. The number of aromatic nitrogens is 1. The lowest BCUT2D eigenvalue weighted by Crippen LogP contribution is -2.32. The van der Waals surface area contributed by atoms with Crippen LogP contribution in [0.4, 0.5) is 11.5 Å². The molecular weight excluding hydrogens is 314 g/mol. The van der Waals surface area contributed by atoms with E-state index in [2.05, 4.69) is 27.0 Å². The first kappa shape index (κ1) is 14.9. The summed E-state index contributed by atoms with van der Waals surface area (Å²) >= 11 is 0. The highest BCUT2D eigenvalue weighted by Gasteiger charge is 2.39. The third-order valence-corrected chi connectivity index (χ3v) is 5.31. The molecule has 0 radical (unpaired) electrons. The summed E-state index contributed by atoms with van der Waals surface area (Å²) in [6.45, 7) is 4.55. The molecule has 5 nitrogen and oxygen atoms in total. The molecular formula is C20H21N3O2. The lowest BCUT2D eigenvalue weighted by atomic mass is 9.96. The van der Waals surface area contributed by atoms with Crippen LogP contribution in [-0.2, 0) is 4.74 Å². The number of hydrogen-bond acceptors (Lipinski definition) is 5. The minimum atomic E-state index is 0.376. The maximum Gasteiger partial charge on any atom is 0.129 e. The molecule has 128 valence electrons. The standard InChI is InChI=1S/C20H21N3O2/c1-2-24-14-3-4-16-15(12-14)20(22-16)13-5-8-21-19(11-13)23-9-6-18-17(23)7-10-25-18/h3-5,8,11-12,17-18H,2,6-7,9-10H2,1H3. The third-order valence-electron chi connectivity index (χ3n) is 5.31. The molecule has 1 aromatic carbocycles. The molecule has 3 aliphatic heterocycles. The number of hydrogen-bond donors (Lipinski definition) is 0. The van der Waals surface area contributed by atoms with Gasteiger partial charge in [-0.3, -0.25) is 0 Å². The number of pyridine rings is 1. The summed E-state index contributed by atoms with van der Waals surface area (Å²) in [5.41, 5.74) is 4.33. The summed E-state index contributed by atoms with van der Waals surface area (Å²) in [5, 5.41) is 0. The van der Waals surface area contributed by atoms with E-state index in [1.54, 1.807) is 0 Å². The zero-order valence-electron chi connectivity index (χ0n) is 14.3. The number of benzene rings is 1. The average Bonchev–Trinajstić information content (AvgIpc) is 3.21. The van der Waals surface area contributed by atoms with Crippen LogP contribution in [0, 0.1) is 0 Å². The number of aliphatic imine (C=N–C) groups is 1. The smallest absolute Gasteiger partial charge is 0.129 e. The Hall–Kier alpha value is -2.40. The fourth-order valence-electron chi connectivity index (χ4n) is 4.12. The molecule has 2 saturated heterocycles. The van der Waals surface area contributed by atoms with E-state index in [4.69, 9.17) is 9.47 Å². The number of fused-ring (bicyclic) bond motifs is 2. The average molecular weight is 335 g/mol. The van der Waals surface area contributed by atoms with Crippen molar-refractivity contribution in [3.05, 3.63) is 47.7 Å². The Bertz CT molecular complexity index is 849. The number of rotatable bonds is 4. The fraction of sp³-hybridized carbons (Fsp3) is 0.400. The molecule has 0 N–H and O–H groups in total. The van der Waals surface area contributed by atoms with Crippen LogP contribution in [0.2, 0.25) is 0 Å². The van der Waals surface area contributed by atoms with Crippen LogP contribution in [0.3, 0.4) is 0 Å². The van der Waals surface area contributed by atoms with Crippen molar-refractivity contribution in [3.63, 3.8) is 0 Å². The second kappa shape index (κ2) is 5.85. The van der Waals surface area contributed by atoms with E-state index in [1.165, 1.54) is 0 Å². The molecule has 3 aliphatic rings. The molecule has 0 amide bonds. The van der Waals surface area contributed by atoms with E-state index < -0.39 is 0 Å². The Morgan fingerprint density at radius 2 is 2.20 bits per heavy atom. The third kappa shape index (κ3) is 2.42. The van der Waals surface area contributed by atoms with Crippen molar-refractivity contribution < 1.29 is 9.47 Å². The van der Waals surface area contributed by atoms with Gasteiger partial charge in [-0.1, -0.05) is 0 Å². The Morgan fingerprint density at radius 3 is 3.12 bits per heavy atom. The van der Waals surface area contributed by atoms with Gasteiger partial charge in [0.25, 0.3) is 0 Å². The maximum absolute atomic E-state index is 5.81. The molecule has 2 unspecified atom stereocenters. The van der Waals surface area contributed by atoms with Crippen LogP contribution in [0.1, 0.15) is 30.9 Å². The normalized spacial score (nSPS) is 23.7. The SMILES string of the molecule is CCOc1ccc2c(c1)C(c1ccnc(N3CCC4OCCC43)c1)=N2. The Kier molecular flexibility index (Phi) is 3.48. The van der Waals surface area contributed by atoms with Crippen molar-refractivity contribution in [2.75, 3.05) is 24.7 Å². The van der Waals surface area contributed by atoms with E-state index in [-0.39, 0.29) is 0 Å². The van der Waals surface area contributed by atoms with Gasteiger partial charge in [-0.25, -0.2) is 9.98 Å². The number of anilines is 1. The first-order valence-corrected chi connectivity index (χ1v) is 9.04. The summed E-state index contributed by atoms with van der Waals surface area (Å²) < 4.78 is 11.4. The molecule has 2 aromatic rings. The zero-order valence-corrected chi connectivity index (χ0v) is 14.3. The van der Waals surface area contributed by atoms with Crippen LogP contribution < -0.4 is 9.64 Å². The minimum absolute atomic E-state index is 0.376. The van der Waals surface area contributed by atoms with Crippen LogP contribution in [0.5, 0.6) is 5.75 Å².